The third-order valence-electron chi connectivity index (χ3n) is 6.96. The first kappa shape index (κ1) is 25.6. The Morgan fingerprint density at radius 1 is 0.895 bits per heavy atom. The molecule has 0 radical (unpaired) electrons. The lowest BCUT2D eigenvalue weighted by Crippen LogP contribution is -2.50. The Morgan fingerprint density at radius 3 is 2.03 bits per heavy atom. The molecule has 1 amide bonds. The quantitative estimate of drug-likeness (QED) is 0.280. The molecule has 38 heavy (non-hydrogen) atoms. The second-order valence-corrected chi connectivity index (χ2v) is 10.1. The van der Waals surface area contributed by atoms with Crippen LogP contribution in [0.2, 0.25) is 0 Å². The van der Waals surface area contributed by atoms with Crippen LogP contribution in [-0.2, 0) is 29.2 Å². The number of carboxylic acid groups (broad SMARTS) is 1. The normalized spacial score (nSPS) is 14.7. The van der Waals surface area contributed by atoms with Crippen LogP contribution in [0.1, 0.15) is 33.7 Å². The van der Waals surface area contributed by atoms with Gasteiger partial charge in [-0.25, -0.2) is 4.79 Å². The molecular formula is C32H29NO4S. The number of amides is 1. The molecule has 1 unspecified atom stereocenters. The third-order valence-corrected chi connectivity index (χ3v) is 7.72. The molecule has 4 aromatic carbocycles. The molecule has 6 heteroatoms. The number of nitrogens with zero attached hydrogens (tertiary/aromatic N) is 1. The molecule has 1 aliphatic heterocycles. The van der Waals surface area contributed by atoms with Gasteiger partial charge in [0.2, 0.25) is 5.91 Å². The van der Waals surface area contributed by atoms with Gasteiger partial charge in [0.15, 0.2) is 0 Å². The van der Waals surface area contributed by atoms with Crippen LogP contribution in [-0.4, -0.2) is 34.2 Å². The smallest absolute Gasteiger partial charge is 0.326 e. The Kier molecular flexibility index (Phi) is 7.80. The summed E-state index contributed by atoms with van der Waals surface area (Å²) in [5.41, 5.74) is 4.48. The minimum absolute atomic E-state index is 0.186. The van der Waals surface area contributed by atoms with Gasteiger partial charge in [0, 0.05) is 23.4 Å². The standard InChI is InChI=1S/C32H29NO4S/c1-38-28-18-17-25-20-33(31(34)29(23-13-7-3-8-14-23)24-15-9-4-10-16-24)27(32(35)36)19-26(25)30(28)37-21-22-11-5-2-6-12-22/h2-18,27,29H,19-21H2,1H3,(H,35,36). The van der Waals surface area contributed by atoms with Crippen molar-refractivity contribution in [3.63, 3.8) is 0 Å². The molecule has 1 N–H and O–H groups in total. The van der Waals surface area contributed by atoms with Crippen molar-refractivity contribution in [2.45, 2.75) is 36.4 Å². The maximum Gasteiger partial charge on any atom is 0.326 e. The maximum absolute atomic E-state index is 14.2. The van der Waals surface area contributed by atoms with E-state index in [0.717, 1.165) is 32.7 Å². The van der Waals surface area contributed by atoms with Gasteiger partial charge >= 0.3 is 5.97 Å². The molecule has 0 fully saturated rings. The molecule has 1 aliphatic rings. The average Bonchev–Trinajstić information content (AvgIpc) is 2.96. The molecule has 0 spiro atoms. The molecule has 0 aromatic heterocycles. The molecule has 5 nitrogen and oxygen atoms in total. The monoisotopic (exact) mass is 523 g/mol. The van der Waals surface area contributed by atoms with Crippen molar-refractivity contribution in [1.82, 2.24) is 4.90 Å². The lowest BCUT2D eigenvalue weighted by molar-refractivity contribution is -0.151. The number of aliphatic carboxylic acids is 1. The summed E-state index contributed by atoms with van der Waals surface area (Å²) in [6, 6.07) is 32.0. The van der Waals surface area contributed by atoms with E-state index in [4.69, 9.17) is 4.74 Å². The summed E-state index contributed by atoms with van der Waals surface area (Å²) in [5, 5.41) is 10.3. The number of fused-ring (bicyclic) bond motifs is 1. The first-order chi connectivity index (χ1) is 18.6. The molecular weight excluding hydrogens is 494 g/mol. The highest BCUT2D eigenvalue weighted by atomic mass is 32.2. The minimum atomic E-state index is -1.02. The fraction of sp³-hybridized carbons (Fsp3) is 0.188. The number of hydrogen-bond acceptors (Lipinski definition) is 4. The fourth-order valence-electron chi connectivity index (χ4n) is 5.05. The van der Waals surface area contributed by atoms with E-state index in [2.05, 4.69) is 0 Å². The van der Waals surface area contributed by atoms with Gasteiger partial charge < -0.3 is 14.7 Å². The van der Waals surface area contributed by atoms with E-state index in [0.29, 0.717) is 12.4 Å². The Labute approximate surface area is 227 Å². The Bertz CT molecular complexity index is 1370. The van der Waals surface area contributed by atoms with Gasteiger partial charge in [-0.15, -0.1) is 11.8 Å². The zero-order valence-corrected chi connectivity index (χ0v) is 21.9. The van der Waals surface area contributed by atoms with E-state index >= 15 is 0 Å². The van der Waals surface area contributed by atoms with Crippen LogP contribution in [0.3, 0.4) is 0 Å². The zero-order chi connectivity index (χ0) is 26.5. The molecule has 0 saturated heterocycles. The Balaban J connectivity index is 1.52. The summed E-state index contributed by atoms with van der Waals surface area (Å²) >= 11 is 1.57. The minimum Gasteiger partial charge on any atom is -0.487 e. The number of carbonyl (C=O) groups excluding carboxylic acids is 1. The summed E-state index contributed by atoms with van der Waals surface area (Å²) in [4.78, 5) is 29.2. The largest absolute Gasteiger partial charge is 0.487 e. The van der Waals surface area contributed by atoms with Crippen LogP contribution in [0, 0.1) is 0 Å². The number of hydrogen-bond donors (Lipinski definition) is 1. The number of carboxylic acids is 1. The average molecular weight is 524 g/mol. The third kappa shape index (κ3) is 5.31. The van der Waals surface area contributed by atoms with E-state index in [1.165, 1.54) is 4.90 Å². The molecule has 192 valence electrons. The van der Waals surface area contributed by atoms with Gasteiger partial charge in [-0.2, -0.15) is 0 Å². The SMILES string of the molecule is CSc1ccc2c(c1OCc1ccccc1)CC(C(=O)O)N(C(=O)C(c1ccccc1)c1ccccc1)C2. The van der Waals surface area contributed by atoms with Crippen LogP contribution < -0.4 is 4.74 Å². The predicted octanol–water partition coefficient (Wildman–Crippen LogP) is 6.16. The highest BCUT2D eigenvalue weighted by Crippen LogP contribution is 2.40. The number of benzene rings is 4. The number of thioether (sulfide) groups is 1. The Morgan fingerprint density at radius 2 is 1.47 bits per heavy atom. The molecule has 1 heterocycles. The van der Waals surface area contributed by atoms with Crippen LogP contribution in [0.15, 0.2) is 108 Å². The lowest BCUT2D eigenvalue weighted by Gasteiger charge is -2.37. The molecule has 0 saturated carbocycles. The van der Waals surface area contributed by atoms with E-state index in [1.807, 2.05) is 109 Å². The van der Waals surface area contributed by atoms with Crippen LogP contribution in [0.25, 0.3) is 0 Å². The topological polar surface area (TPSA) is 66.8 Å². The molecule has 4 aromatic rings. The summed E-state index contributed by atoms with van der Waals surface area (Å²) in [7, 11) is 0. The van der Waals surface area contributed by atoms with Gasteiger partial charge in [-0.1, -0.05) is 97.1 Å². The number of carbonyl (C=O) groups is 2. The van der Waals surface area contributed by atoms with Crippen molar-refractivity contribution < 1.29 is 19.4 Å². The fourth-order valence-corrected chi connectivity index (χ4v) is 5.62. The van der Waals surface area contributed by atoms with Crippen molar-refractivity contribution in [3.05, 3.63) is 131 Å². The second kappa shape index (κ2) is 11.6. The second-order valence-electron chi connectivity index (χ2n) is 9.29. The van der Waals surface area contributed by atoms with E-state index in [1.54, 1.807) is 11.8 Å². The summed E-state index contributed by atoms with van der Waals surface area (Å²) in [5.74, 6) is -1.13. The first-order valence-corrected chi connectivity index (χ1v) is 13.8. The van der Waals surface area contributed by atoms with E-state index in [-0.39, 0.29) is 18.9 Å². The summed E-state index contributed by atoms with van der Waals surface area (Å²) < 4.78 is 6.31. The zero-order valence-electron chi connectivity index (χ0n) is 21.1. The lowest BCUT2D eigenvalue weighted by atomic mass is 9.87. The molecule has 5 rings (SSSR count). The van der Waals surface area contributed by atoms with E-state index < -0.39 is 17.9 Å². The summed E-state index contributed by atoms with van der Waals surface area (Å²) in [6.07, 6.45) is 2.17. The summed E-state index contributed by atoms with van der Waals surface area (Å²) in [6.45, 7) is 0.590. The Hall–Kier alpha value is -4.03. The first-order valence-electron chi connectivity index (χ1n) is 12.6. The van der Waals surface area contributed by atoms with Gasteiger partial charge in [-0.05, 0) is 34.6 Å². The van der Waals surface area contributed by atoms with E-state index in [9.17, 15) is 14.7 Å². The van der Waals surface area contributed by atoms with Crippen LogP contribution in [0.5, 0.6) is 5.75 Å². The van der Waals surface area contributed by atoms with Crippen LogP contribution >= 0.6 is 11.8 Å². The van der Waals surface area contributed by atoms with Crippen molar-refractivity contribution in [2.24, 2.45) is 0 Å². The number of rotatable bonds is 8. The number of ether oxygens (including phenoxy) is 1. The highest BCUT2D eigenvalue weighted by molar-refractivity contribution is 7.98. The maximum atomic E-state index is 14.2. The van der Waals surface area contributed by atoms with Crippen molar-refractivity contribution in [2.75, 3.05) is 6.26 Å². The van der Waals surface area contributed by atoms with Gasteiger partial charge in [0.05, 0.1) is 5.92 Å². The van der Waals surface area contributed by atoms with Gasteiger partial charge in [-0.3, -0.25) is 4.79 Å². The van der Waals surface area contributed by atoms with Gasteiger partial charge in [0.1, 0.15) is 18.4 Å². The van der Waals surface area contributed by atoms with Crippen LogP contribution in [0.4, 0.5) is 0 Å². The molecule has 0 bridgehead atoms. The molecule has 0 aliphatic carbocycles. The van der Waals surface area contributed by atoms with Gasteiger partial charge in [0.25, 0.3) is 0 Å². The van der Waals surface area contributed by atoms with Crippen molar-refractivity contribution in [1.29, 1.82) is 0 Å². The highest BCUT2D eigenvalue weighted by Gasteiger charge is 2.39. The van der Waals surface area contributed by atoms with Crippen molar-refractivity contribution in [3.8, 4) is 5.75 Å². The predicted molar refractivity (Wildman–Crippen MR) is 149 cm³/mol. The van der Waals surface area contributed by atoms with Crippen molar-refractivity contribution >= 4 is 23.6 Å². The molecule has 1 atom stereocenters.